The first kappa shape index (κ1) is 12.4. The molecule has 0 aliphatic heterocycles. The average Bonchev–Trinajstić information content (AvgIpc) is 2.73. The van der Waals surface area contributed by atoms with E-state index >= 15 is 0 Å². The van der Waals surface area contributed by atoms with Crippen LogP contribution in [-0.2, 0) is 13.6 Å². The van der Waals surface area contributed by atoms with E-state index in [2.05, 4.69) is 82.4 Å². The Hall–Kier alpha value is -1.06. The molecule has 0 radical (unpaired) electrons. The van der Waals surface area contributed by atoms with Gasteiger partial charge in [-0.05, 0) is 36.8 Å². The summed E-state index contributed by atoms with van der Waals surface area (Å²) in [6.45, 7) is 3.08. The Balaban J connectivity index is 1.95. The quantitative estimate of drug-likeness (QED) is 0.910. The van der Waals surface area contributed by atoms with Crippen LogP contribution in [0.3, 0.4) is 0 Å². The fourth-order valence-corrected chi connectivity index (χ4v) is 2.07. The van der Waals surface area contributed by atoms with Crippen LogP contribution in [0.15, 0.2) is 47.1 Å². The maximum Gasteiger partial charge on any atom is 0.0364 e. The van der Waals surface area contributed by atoms with E-state index in [0.29, 0.717) is 6.04 Å². The van der Waals surface area contributed by atoms with Crippen molar-refractivity contribution in [2.45, 2.75) is 19.5 Å². The molecule has 0 saturated carbocycles. The second-order valence-electron chi connectivity index (χ2n) is 4.26. The summed E-state index contributed by atoms with van der Waals surface area (Å²) in [4.78, 5) is 0. The van der Waals surface area contributed by atoms with Crippen molar-refractivity contribution in [3.05, 3.63) is 58.3 Å². The van der Waals surface area contributed by atoms with Gasteiger partial charge in [0, 0.05) is 36.0 Å². The van der Waals surface area contributed by atoms with Crippen molar-refractivity contribution < 1.29 is 0 Å². The maximum absolute atomic E-state index is 3.53. The number of rotatable bonds is 4. The predicted molar refractivity (Wildman–Crippen MR) is 74.8 cm³/mol. The van der Waals surface area contributed by atoms with Crippen molar-refractivity contribution in [2.24, 2.45) is 7.05 Å². The Morgan fingerprint density at radius 2 is 1.94 bits per heavy atom. The van der Waals surface area contributed by atoms with Crippen molar-refractivity contribution >= 4 is 15.9 Å². The fraction of sp³-hybridized carbons (Fsp3) is 0.286. The summed E-state index contributed by atoms with van der Waals surface area (Å²) < 4.78 is 3.26. The van der Waals surface area contributed by atoms with Crippen LogP contribution in [0, 0.1) is 0 Å². The van der Waals surface area contributed by atoms with Crippen LogP contribution in [0.25, 0.3) is 0 Å². The van der Waals surface area contributed by atoms with Crippen molar-refractivity contribution in [3.8, 4) is 0 Å². The average molecular weight is 293 g/mol. The molecule has 0 unspecified atom stereocenters. The van der Waals surface area contributed by atoms with Gasteiger partial charge in [-0.1, -0.05) is 28.1 Å². The van der Waals surface area contributed by atoms with Gasteiger partial charge in [0.25, 0.3) is 0 Å². The SMILES string of the molecule is C[C@@H](NCc1cccn1C)c1ccc(Br)cc1. The van der Waals surface area contributed by atoms with Gasteiger partial charge in [0.1, 0.15) is 0 Å². The molecule has 0 aliphatic rings. The number of aromatic nitrogens is 1. The second kappa shape index (κ2) is 5.52. The minimum absolute atomic E-state index is 0.359. The second-order valence-corrected chi connectivity index (χ2v) is 5.18. The number of hydrogen-bond donors (Lipinski definition) is 1. The van der Waals surface area contributed by atoms with E-state index in [0.717, 1.165) is 11.0 Å². The van der Waals surface area contributed by atoms with Crippen LogP contribution >= 0.6 is 15.9 Å². The number of aryl methyl sites for hydroxylation is 1. The maximum atomic E-state index is 3.53. The molecule has 17 heavy (non-hydrogen) atoms. The normalized spacial score (nSPS) is 12.6. The zero-order valence-corrected chi connectivity index (χ0v) is 11.7. The van der Waals surface area contributed by atoms with Crippen molar-refractivity contribution in [1.82, 2.24) is 9.88 Å². The number of nitrogens with zero attached hydrogens (tertiary/aromatic N) is 1. The number of benzene rings is 1. The van der Waals surface area contributed by atoms with Crippen LogP contribution in [0.1, 0.15) is 24.2 Å². The molecular weight excluding hydrogens is 276 g/mol. The third kappa shape index (κ3) is 3.20. The van der Waals surface area contributed by atoms with Gasteiger partial charge in [0.05, 0.1) is 0 Å². The highest BCUT2D eigenvalue weighted by Crippen LogP contribution is 2.16. The summed E-state index contributed by atoms with van der Waals surface area (Å²) in [6, 6.07) is 13.0. The van der Waals surface area contributed by atoms with Crippen molar-refractivity contribution in [1.29, 1.82) is 0 Å². The Labute approximate surface area is 111 Å². The largest absolute Gasteiger partial charge is 0.353 e. The number of hydrogen-bond acceptors (Lipinski definition) is 1. The zero-order chi connectivity index (χ0) is 12.3. The van der Waals surface area contributed by atoms with Gasteiger partial charge in [-0.25, -0.2) is 0 Å². The monoisotopic (exact) mass is 292 g/mol. The van der Waals surface area contributed by atoms with E-state index in [-0.39, 0.29) is 0 Å². The highest BCUT2D eigenvalue weighted by molar-refractivity contribution is 9.10. The number of nitrogens with one attached hydrogen (secondary N) is 1. The summed E-state index contributed by atoms with van der Waals surface area (Å²) >= 11 is 3.45. The lowest BCUT2D eigenvalue weighted by Crippen LogP contribution is -2.19. The van der Waals surface area contributed by atoms with E-state index in [1.165, 1.54) is 11.3 Å². The lowest BCUT2D eigenvalue weighted by atomic mass is 10.1. The van der Waals surface area contributed by atoms with Gasteiger partial charge in [0.15, 0.2) is 0 Å². The Kier molecular flexibility index (Phi) is 4.02. The lowest BCUT2D eigenvalue weighted by Gasteiger charge is -2.14. The van der Waals surface area contributed by atoms with Crippen LogP contribution in [0.4, 0.5) is 0 Å². The lowest BCUT2D eigenvalue weighted by molar-refractivity contribution is 0.558. The molecule has 0 spiro atoms. The van der Waals surface area contributed by atoms with Gasteiger partial charge < -0.3 is 9.88 Å². The molecule has 1 atom stereocenters. The Morgan fingerprint density at radius 1 is 1.24 bits per heavy atom. The van der Waals surface area contributed by atoms with Gasteiger partial charge in [-0.2, -0.15) is 0 Å². The molecule has 0 saturated heterocycles. The summed E-state index contributed by atoms with van der Waals surface area (Å²) in [5.74, 6) is 0. The summed E-state index contributed by atoms with van der Waals surface area (Å²) in [5, 5.41) is 3.53. The molecule has 2 nitrogen and oxygen atoms in total. The molecule has 0 amide bonds. The Morgan fingerprint density at radius 3 is 2.53 bits per heavy atom. The number of halogens is 1. The van der Waals surface area contributed by atoms with Gasteiger partial charge in [-0.15, -0.1) is 0 Å². The molecule has 0 bridgehead atoms. The van der Waals surface area contributed by atoms with Crippen LogP contribution in [0.5, 0.6) is 0 Å². The minimum atomic E-state index is 0.359. The minimum Gasteiger partial charge on any atom is -0.353 e. The molecule has 0 aliphatic carbocycles. The molecular formula is C14H17BrN2. The smallest absolute Gasteiger partial charge is 0.0364 e. The highest BCUT2D eigenvalue weighted by Gasteiger charge is 2.05. The Bertz CT molecular complexity index is 473. The van der Waals surface area contributed by atoms with Crippen molar-refractivity contribution in [3.63, 3.8) is 0 Å². The van der Waals surface area contributed by atoms with E-state index in [1.807, 2.05) is 0 Å². The molecule has 1 N–H and O–H groups in total. The van der Waals surface area contributed by atoms with Crippen molar-refractivity contribution in [2.75, 3.05) is 0 Å². The molecule has 0 fully saturated rings. The molecule has 1 aromatic carbocycles. The summed E-state index contributed by atoms with van der Waals surface area (Å²) in [7, 11) is 2.07. The molecule has 1 aromatic heterocycles. The van der Waals surface area contributed by atoms with Crippen LogP contribution < -0.4 is 5.32 Å². The van der Waals surface area contributed by atoms with E-state index < -0.39 is 0 Å². The summed E-state index contributed by atoms with van der Waals surface area (Å²) in [6.07, 6.45) is 2.07. The van der Waals surface area contributed by atoms with Gasteiger partial charge in [-0.3, -0.25) is 0 Å². The zero-order valence-electron chi connectivity index (χ0n) is 10.2. The molecule has 2 aromatic rings. The van der Waals surface area contributed by atoms with Crippen LogP contribution in [-0.4, -0.2) is 4.57 Å². The topological polar surface area (TPSA) is 17.0 Å². The van der Waals surface area contributed by atoms with Gasteiger partial charge in [0.2, 0.25) is 0 Å². The first-order valence-electron chi connectivity index (χ1n) is 5.76. The molecule has 2 rings (SSSR count). The molecule has 3 heteroatoms. The third-order valence-corrected chi connectivity index (χ3v) is 3.54. The standard InChI is InChI=1S/C14H17BrN2/c1-11(12-5-7-13(15)8-6-12)16-10-14-4-3-9-17(14)2/h3-9,11,16H,10H2,1-2H3/t11-/m1/s1. The highest BCUT2D eigenvalue weighted by atomic mass is 79.9. The van der Waals surface area contributed by atoms with Gasteiger partial charge >= 0.3 is 0 Å². The first-order valence-corrected chi connectivity index (χ1v) is 6.55. The van der Waals surface area contributed by atoms with E-state index in [9.17, 15) is 0 Å². The van der Waals surface area contributed by atoms with E-state index in [1.54, 1.807) is 0 Å². The van der Waals surface area contributed by atoms with Crippen LogP contribution in [0.2, 0.25) is 0 Å². The fourth-order valence-electron chi connectivity index (χ4n) is 1.81. The molecule has 90 valence electrons. The van der Waals surface area contributed by atoms with E-state index in [4.69, 9.17) is 0 Å². The first-order chi connectivity index (χ1) is 8.16. The third-order valence-electron chi connectivity index (χ3n) is 3.01. The predicted octanol–water partition coefficient (Wildman–Crippen LogP) is 3.64. The summed E-state index contributed by atoms with van der Waals surface area (Å²) in [5.41, 5.74) is 2.61. The molecule has 1 heterocycles.